The van der Waals surface area contributed by atoms with E-state index in [2.05, 4.69) is 10.3 Å². The van der Waals surface area contributed by atoms with Gasteiger partial charge in [0.1, 0.15) is 23.0 Å². The van der Waals surface area contributed by atoms with Gasteiger partial charge in [-0.25, -0.2) is 13.8 Å². The molecule has 2 aromatic heterocycles. The first-order valence-electron chi connectivity index (χ1n) is 6.26. The molecule has 21 heavy (non-hydrogen) atoms. The molecule has 106 valence electrons. The monoisotopic (exact) mass is 287 g/mol. The summed E-state index contributed by atoms with van der Waals surface area (Å²) in [5.74, 6) is -1.87. The van der Waals surface area contributed by atoms with E-state index in [4.69, 9.17) is 0 Å². The molecular weight excluding hydrogens is 276 g/mol. The highest BCUT2D eigenvalue weighted by Crippen LogP contribution is 2.18. The summed E-state index contributed by atoms with van der Waals surface area (Å²) in [5.41, 5.74) is 1.20. The van der Waals surface area contributed by atoms with Gasteiger partial charge in [-0.2, -0.15) is 0 Å². The topological polar surface area (TPSA) is 46.4 Å². The predicted octanol–water partition coefficient (Wildman–Crippen LogP) is 3.17. The highest BCUT2D eigenvalue weighted by atomic mass is 19.1. The van der Waals surface area contributed by atoms with Crippen LogP contribution in [0.2, 0.25) is 0 Å². The van der Waals surface area contributed by atoms with E-state index < -0.39 is 17.5 Å². The maximum Gasteiger partial charge on any atom is 0.274 e. The molecular formula is C15H11F2N3O. The Kier molecular flexibility index (Phi) is 3.13. The predicted molar refractivity (Wildman–Crippen MR) is 74.2 cm³/mol. The highest BCUT2D eigenvalue weighted by molar-refractivity contribution is 6.04. The Morgan fingerprint density at radius 2 is 2.05 bits per heavy atom. The van der Waals surface area contributed by atoms with Crippen LogP contribution < -0.4 is 5.32 Å². The Morgan fingerprint density at radius 3 is 2.86 bits per heavy atom. The number of nitrogens with one attached hydrogen (secondary N) is 1. The fourth-order valence-electron chi connectivity index (χ4n) is 2.16. The number of rotatable bonds is 2. The summed E-state index contributed by atoms with van der Waals surface area (Å²) < 4.78 is 28.3. The lowest BCUT2D eigenvalue weighted by Gasteiger charge is -2.07. The van der Waals surface area contributed by atoms with Crippen molar-refractivity contribution in [3.05, 3.63) is 65.6 Å². The first kappa shape index (κ1) is 13.2. The number of imidazole rings is 1. The maximum atomic E-state index is 13.6. The highest BCUT2D eigenvalue weighted by Gasteiger charge is 2.17. The van der Waals surface area contributed by atoms with E-state index in [0.717, 1.165) is 18.2 Å². The lowest BCUT2D eigenvalue weighted by atomic mass is 10.2. The van der Waals surface area contributed by atoms with Gasteiger partial charge in [0.25, 0.3) is 5.91 Å². The average molecular weight is 287 g/mol. The van der Waals surface area contributed by atoms with Crippen LogP contribution in [0.25, 0.3) is 5.65 Å². The van der Waals surface area contributed by atoms with Crippen LogP contribution in [0.15, 0.2) is 42.6 Å². The number of nitrogens with zero attached hydrogens (tertiary/aromatic N) is 2. The van der Waals surface area contributed by atoms with Crippen molar-refractivity contribution in [2.75, 3.05) is 5.32 Å². The maximum absolute atomic E-state index is 13.6. The molecule has 4 nitrogen and oxygen atoms in total. The van der Waals surface area contributed by atoms with Crippen molar-refractivity contribution in [1.82, 2.24) is 9.38 Å². The summed E-state index contributed by atoms with van der Waals surface area (Å²) in [5, 5.41) is 2.37. The number of amides is 1. The molecule has 0 saturated carbocycles. The molecule has 0 bridgehead atoms. The van der Waals surface area contributed by atoms with Crippen molar-refractivity contribution in [1.29, 1.82) is 0 Å². The third-order valence-corrected chi connectivity index (χ3v) is 3.10. The molecule has 0 spiro atoms. The summed E-state index contributed by atoms with van der Waals surface area (Å²) in [6.07, 6.45) is 1.69. The summed E-state index contributed by atoms with van der Waals surface area (Å²) in [6, 6.07) is 8.21. The number of carbonyl (C=O) groups is 1. The van der Waals surface area contributed by atoms with Gasteiger partial charge >= 0.3 is 0 Å². The zero-order chi connectivity index (χ0) is 15.0. The molecule has 0 aliphatic heterocycles. The zero-order valence-electron chi connectivity index (χ0n) is 11.1. The van der Waals surface area contributed by atoms with E-state index in [1.54, 1.807) is 35.7 Å². The molecule has 0 fully saturated rings. The molecule has 6 heteroatoms. The Bertz CT molecular complexity index is 842. The summed E-state index contributed by atoms with van der Waals surface area (Å²) >= 11 is 0. The van der Waals surface area contributed by atoms with Gasteiger partial charge in [0.2, 0.25) is 0 Å². The molecule has 2 heterocycles. The summed E-state index contributed by atoms with van der Waals surface area (Å²) in [7, 11) is 0. The second-order valence-electron chi connectivity index (χ2n) is 4.55. The van der Waals surface area contributed by atoms with Gasteiger partial charge in [0.05, 0.1) is 11.4 Å². The summed E-state index contributed by atoms with van der Waals surface area (Å²) in [4.78, 5) is 16.6. The lowest BCUT2D eigenvalue weighted by molar-refractivity contribution is 0.102. The van der Waals surface area contributed by atoms with E-state index in [9.17, 15) is 13.6 Å². The molecule has 1 N–H and O–H groups in total. The Hall–Kier alpha value is -2.76. The largest absolute Gasteiger partial charge is 0.318 e. The van der Waals surface area contributed by atoms with E-state index in [1.807, 2.05) is 0 Å². The molecule has 3 aromatic rings. The molecule has 3 rings (SSSR count). The number of fused-ring (bicyclic) bond motifs is 1. The minimum Gasteiger partial charge on any atom is -0.318 e. The minimum absolute atomic E-state index is 0.203. The van der Waals surface area contributed by atoms with Crippen molar-refractivity contribution in [2.45, 2.75) is 6.92 Å². The first-order chi connectivity index (χ1) is 10.1. The zero-order valence-corrected chi connectivity index (χ0v) is 11.1. The quantitative estimate of drug-likeness (QED) is 0.787. The fourth-order valence-corrected chi connectivity index (χ4v) is 2.16. The molecule has 0 atom stereocenters. The summed E-state index contributed by atoms with van der Waals surface area (Å²) in [6.45, 7) is 1.68. The van der Waals surface area contributed by atoms with Crippen molar-refractivity contribution < 1.29 is 13.6 Å². The van der Waals surface area contributed by atoms with Crippen LogP contribution in [-0.2, 0) is 0 Å². The number of carbonyl (C=O) groups excluding carboxylic acids is 1. The van der Waals surface area contributed by atoms with Crippen LogP contribution in [0.4, 0.5) is 14.5 Å². The van der Waals surface area contributed by atoms with Gasteiger partial charge in [0, 0.05) is 12.3 Å². The third-order valence-electron chi connectivity index (χ3n) is 3.10. The number of hydrogen-bond donors (Lipinski definition) is 1. The number of halogens is 2. The average Bonchev–Trinajstić information content (AvgIpc) is 2.78. The van der Waals surface area contributed by atoms with E-state index in [-0.39, 0.29) is 11.4 Å². The molecule has 0 unspecified atom stereocenters. The van der Waals surface area contributed by atoms with E-state index >= 15 is 0 Å². The molecule has 0 radical (unpaired) electrons. The van der Waals surface area contributed by atoms with Crippen molar-refractivity contribution in [2.24, 2.45) is 0 Å². The Balaban J connectivity index is 2.01. The van der Waals surface area contributed by atoms with Gasteiger partial charge in [0.15, 0.2) is 0 Å². The fraction of sp³-hybridized carbons (Fsp3) is 0.0667. The van der Waals surface area contributed by atoms with Crippen molar-refractivity contribution >= 4 is 17.2 Å². The molecule has 1 amide bonds. The van der Waals surface area contributed by atoms with Crippen LogP contribution in [-0.4, -0.2) is 15.3 Å². The van der Waals surface area contributed by atoms with E-state index in [1.165, 1.54) is 0 Å². The standard InChI is InChI=1S/C15H11F2N3O/c1-9-14(20-7-3-2-4-13(20)18-9)15(21)19-12-8-10(16)5-6-11(12)17/h2-8H,1H3,(H,19,21). The second kappa shape index (κ2) is 4.97. The number of hydrogen-bond acceptors (Lipinski definition) is 2. The van der Waals surface area contributed by atoms with E-state index in [0.29, 0.717) is 11.3 Å². The van der Waals surface area contributed by atoms with Crippen LogP contribution in [0.3, 0.4) is 0 Å². The SMILES string of the molecule is Cc1nc2ccccn2c1C(=O)Nc1cc(F)ccc1F. The van der Waals surface area contributed by atoms with Crippen LogP contribution in [0.5, 0.6) is 0 Å². The normalized spacial score (nSPS) is 10.8. The van der Waals surface area contributed by atoms with Crippen LogP contribution in [0.1, 0.15) is 16.2 Å². The Labute approximate surface area is 119 Å². The number of benzene rings is 1. The van der Waals surface area contributed by atoms with Gasteiger partial charge in [-0.05, 0) is 31.2 Å². The Morgan fingerprint density at radius 1 is 1.24 bits per heavy atom. The minimum atomic E-state index is -0.698. The number of aromatic nitrogens is 2. The van der Waals surface area contributed by atoms with Crippen molar-refractivity contribution in [3.8, 4) is 0 Å². The molecule has 0 aliphatic rings. The number of pyridine rings is 1. The van der Waals surface area contributed by atoms with Crippen molar-refractivity contribution in [3.63, 3.8) is 0 Å². The third kappa shape index (κ3) is 2.35. The number of aryl methyl sites for hydroxylation is 1. The first-order valence-corrected chi connectivity index (χ1v) is 6.26. The second-order valence-corrected chi connectivity index (χ2v) is 4.55. The van der Waals surface area contributed by atoms with Gasteiger partial charge in [-0.15, -0.1) is 0 Å². The van der Waals surface area contributed by atoms with Gasteiger partial charge in [-0.1, -0.05) is 6.07 Å². The smallest absolute Gasteiger partial charge is 0.274 e. The number of anilines is 1. The van der Waals surface area contributed by atoms with Gasteiger partial charge in [-0.3, -0.25) is 9.20 Å². The molecule has 1 aromatic carbocycles. The van der Waals surface area contributed by atoms with Crippen LogP contribution >= 0.6 is 0 Å². The molecule has 0 saturated heterocycles. The van der Waals surface area contributed by atoms with Crippen LogP contribution in [0, 0.1) is 18.6 Å². The van der Waals surface area contributed by atoms with Gasteiger partial charge < -0.3 is 5.32 Å². The molecule has 0 aliphatic carbocycles. The lowest BCUT2D eigenvalue weighted by Crippen LogP contribution is -2.16.